The van der Waals surface area contributed by atoms with Crippen LogP contribution in [0.1, 0.15) is 55.9 Å². The first-order valence-electron chi connectivity index (χ1n) is 13.9. The third kappa shape index (κ3) is 8.61. The van der Waals surface area contributed by atoms with Gasteiger partial charge in [0.05, 0.1) is 12.3 Å². The van der Waals surface area contributed by atoms with Crippen LogP contribution in [-0.4, -0.2) is 39.9 Å². The Labute approximate surface area is 253 Å². The molecule has 1 heterocycles. The number of carboxylic acid groups (broad SMARTS) is 1. The van der Waals surface area contributed by atoms with Crippen molar-refractivity contribution in [2.45, 2.75) is 56.8 Å². The highest BCUT2D eigenvalue weighted by Crippen LogP contribution is 2.39. The maximum absolute atomic E-state index is 14.2. The summed E-state index contributed by atoms with van der Waals surface area (Å²) in [6.45, 7) is 0.668. The van der Waals surface area contributed by atoms with Crippen molar-refractivity contribution in [2.24, 2.45) is 17.6 Å². The Morgan fingerprint density at radius 1 is 1.02 bits per heavy atom. The van der Waals surface area contributed by atoms with E-state index in [1.807, 2.05) is 30.3 Å². The quantitative estimate of drug-likeness (QED) is 0.219. The number of hydrogen-bond donors (Lipinski definition) is 3. The van der Waals surface area contributed by atoms with Gasteiger partial charge in [0.2, 0.25) is 17.9 Å². The minimum absolute atomic E-state index is 0. The molecular formula is C31H34ClF3N4O4. The first kappa shape index (κ1) is 32.1. The molecular weight excluding hydrogens is 585 g/mol. The van der Waals surface area contributed by atoms with Crippen LogP contribution in [0, 0.1) is 11.8 Å². The van der Waals surface area contributed by atoms with Gasteiger partial charge in [0.15, 0.2) is 0 Å². The molecule has 8 nitrogen and oxygen atoms in total. The van der Waals surface area contributed by atoms with E-state index in [2.05, 4.69) is 9.97 Å². The van der Waals surface area contributed by atoms with Crippen LogP contribution >= 0.6 is 12.4 Å². The second kappa shape index (κ2) is 13.6. The van der Waals surface area contributed by atoms with E-state index >= 15 is 0 Å². The molecule has 0 aliphatic heterocycles. The lowest BCUT2D eigenvalue weighted by Crippen LogP contribution is -2.32. The zero-order valence-electron chi connectivity index (χ0n) is 23.3. The molecule has 3 atom stereocenters. The van der Waals surface area contributed by atoms with Gasteiger partial charge in [-0.1, -0.05) is 42.5 Å². The summed E-state index contributed by atoms with van der Waals surface area (Å²) in [7, 11) is 0. The molecule has 1 fully saturated rings. The van der Waals surface area contributed by atoms with Gasteiger partial charge in [-0.15, -0.1) is 12.4 Å². The van der Waals surface area contributed by atoms with Crippen molar-refractivity contribution in [2.75, 3.05) is 12.3 Å². The summed E-state index contributed by atoms with van der Waals surface area (Å²) in [5.74, 6) is -0.129. The molecule has 0 saturated heterocycles. The van der Waals surface area contributed by atoms with Gasteiger partial charge in [0, 0.05) is 11.6 Å². The topological polar surface area (TPSA) is 134 Å². The van der Waals surface area contributed by atoms with E-state index in [9.17, 15) is 18.0 Å². The highest BCUT2D eigenvalue weighted by atomic mass is 35.5. The number of aliphatic carboxylic acids is 1. The summed E-state index contributed by atoms with van der Waals surface area (Å²) in [6, 6.07) is 13.9. The van der Waals surface area contributed by atoms with E-state index in [1.165, 1.54) is 31.0 Å². The van der Waals surface area contributed by atoms with Gasteiger partial charge in [0.25, 0.3) is 0 Å². The maximum atomic E-state index is 14.2. The summed E-state index contributed by atoms with van der Waals surface area (Å²) in [4.78, 5) is 19.2. The zero-order valence-corrected chi connectivity index (χ0v) is 24.1. The number of halogens is 4. The molecule has 0 amide bonds. The molecule has 3 unspecified atom stereocenters. The lowest BCUT2D eigenvalue weighted by molar-refractivity contribution is -0.198. The van der Waals surface area contributed by atoms with Gasteiger partial charge in [-0.2, -0.15) is 18.2 Å². The number of benzene rings is 2. The van der Waals surface area contributed by atoms with Gasteiger partial charge in [-0.05, 0) is 79.2 Å². The van der Waals surface area contributed by atoms with Crippen molar-refractivity contribution in [3.05, 3.63) is 71.9 Å². The minimum Gasteiger partial charge on any atom is -0.493 e. The molecule has 12 heteroatoms. The molecule has 2 aliphatic rings. The van der Waals surface area contributed by atoms with Crippen LogP contribution in [0.5, 0.6) is 11.6 Å². The first-order chi connectivity index (χ1) is 20.0. The van der Waals surface area contributed by atoms with Crippen molar-refractivity contribution >= 4 is 29.9 Å². The van der Waals surface area contributed by atoms with Crippen LogP contribution < -0.4 is 20.9 Å². The molecule has 0 radical (unpaired) electrons. The normalized spacial score (nSPS) is 18.1. The van der Waals surface area contributed by atoms with Crippen LogP contribution in [0.15, 0.2) is 60.7 Å². The van der Waals surface area contributed by atoms with Crippen molar-refractivity contribution in [3.63, 3.8) is 0 Å². The average molecular weight is 619 g/mol. The number of carbonyl (C=O) groups is 1. The number of nitrogens with two attached hydrogens (primary N) is 2. The molecule has 1 saturated carbocycles. The fraction of sp³-hybridized carbons (Fsp3) is 0.387. The van der Waals surface area contributed by atoms with Gasteiger partial charge in [0.1, 0.15) is 11.8 Å². The smallest absolute Gasteiger partial charge is 0.429 e. The second-order valence-corrected chi connectivity index (χ2v) is 10.9. The van der Waals surface area contributed by atoms with Crippen molar-refractivity contribution in [3.8, 4) is 22.8 Å². The number of hydrogen-bond acceptors (Lipinski definition) is 7. The van der Waals surface area contributed by atoms with Crippen LogP contribution in [-0.2, 0) is 4.79 Å². The number of nitrogens with zero attached hydrogens (tertiary/aromatic N) is 2. The molecule has 2 aromatic carbocycles. The summed E-state index contributed by atoms with van der Waals surface area (Å²) in [5, 5.41) is 9.06. The number of alkyl halides is 3. The number of carboxylic acids is 1. The Kier molecular flexibility index (Phi) is 10.2. The monoisotopic (exact) mass is 618 g/mol. The van der Waals surface area contributed by atoms with Crippen molar-refractivity contribution in [1.82, 2.24) is 9.97 Å². The number of ether oxygens (including phenoxy) is 2. The number of nitrogen functional groups attached to an aromatic ring is 1. The molecule has 3 aromatic rings. The van der Waals surface area contributed by atoms with Crippen LogP contribution in [0.4, 0.5) is 19.1 Å². The standard InChI is InChI=1S/C31H33F3N4O4.ClH/c32-31(33,34)28(22-12-10-20(11-13-22)23-2-1-3-24(15-23)41-17-19-4-5-19)42-27-16-26(37-30(36)38-27)21-8-6-18(7-9-21)14-25(35)29(39)40;/h1-3,8,10-13,15-16,18-19,25,28H,4-7,9,14,17,35H2,(H,39,40)(H2,36,37,38);1H. The molecule has 5 rings (SSSR count). The fourth-order valence-corrected chi connectivity index (χ4v) is 5.02. The first-order valence-corrected chi connectivity index (χ1v) is 13.9. The number of anilines is 1. The third-order valence-corrected chi connectivity index (χ3v) is 7.57. The lowest BCUT2D eigenvalue weighted by Gasteiger charge is -2.24. The van der Waals surface area contributed by atoms with E-state index in [1.54, 1.807) is 12.1 Å². The molecule has 43 heavy (non-hydrogen) atoms. The molecule has 2 aliphatic carbocycles. The molecule has 5 N–H and O–H groups in total. The predicted molar refractivity (Wildman–Crippen MR) is 159 cm³/mol. The van der Waals surface area contributed by atoms with Gasteiger partial charge in [-0.3, -0.25) is 4.79 Å². The van der Waals surface area contributed by atoms with Crippen molar-refractivity contribution in [1.29, 1.82) is 0 Å². The second-order valence-electron chi connectivity index (χ2n) is 10.9. The fourth-order valence-electron chi connectivity index (χ4n) is 5.02. The van der Waals surface area contributed by atoms with Gasteiger partial charge in [-0.25, -0.2) is 4.98 Å². The van der Waals surface area contributed by atoms with Gasteiger partial charge < -0.3 is 26.0 Å². The molecule has 230 valence electrons. The van der Waals surface area contributed by atoms with E-state index < -0.39 is 24.3 Å². The highest BCUT2D eigenvalue weighted by molar-refractivity contribution is 5.85. The number of allylic oxidation sites excluding steroid dienone is 2. The number of aromatic nitrogens is 2. The lowest BCUT2D eigenvalue weighted by atomic mass is 9.84. The largest absolute Gasteiger partial charge is 0.493 e. The minimum atomic E-state index is -4.72. The zero-order chi connectivity index (χ0) is 29.9. The summed E-state index contributed by atoms with van der Waals surface area (Å²) in [5.41, 5.74) is 14.2. The SMILES string of the molecule is Cl.Nc1nc(OC(c2ccc(-c3cccc(OCC4CC4)c3)cc2)C(F)(F)F)cc(C2=CCC(CC(N)C(=O)O)CC2)n1. The average Bonchev–Trinajstić information content (AvgIpc) is 3.79. The van der Waals surface area contributed by atoms with Crippen LogP contribution in [0.2, 0.25) is 0 Å². The Morgan fingerprint density at radius 3 is 2.40 bits per heavy atom. The van der Waals surface area contributed by atoms with E-state index in [0.717, 1.165) is 22.4 Å². The van der Waals surface area contributed by atoms with E-state index in [4.69, 9.17) is 26.0 Å². The highest BCUT2D eigenvalue weighted by Gasteiger charge is 2.43. The van der Waals surface area contributed by atoms with E-state index in [-0.39, 0.29) is 35.7 Å². The van der Waals surface area contributed by atoms with Crippen molar-refractivity contribution < 1.29 is 32.5 Å². The number of rotatable bonds is 11. The Balaban J connectivity index is 0.00000423. The van der Waals surface area contributed by atoms with Crippen LogP contribution in [0.25, 0.3) is 16.7 Å². The summed E-state index contributed by atoms with van der Waals surface area (Å²) < 4.78 is 53.9. The Bertz CT molecular complexity index is 1450. The van der Waals surface area contributed by atoms with Gasteiger partial charge >= 0.3 is 12.1 Å². The molecule has 0 spiro atoms. The summed E-state index contributed by atoms with van der Waals surface area (Å²) >= 11 is 0. The Morgan fingerprint density at radius 2 is 1.77 bits per heavy atom. The maximum Gasteiger partial charge on any atom is 0.429 e. The molecule has 1 aromatic heterocycles. The van der Waals surface area contributed by atoms with E-state index in [0.29, 0.717) is 43.9 Å². The summed E-state index contributed by atoms with van der Waals surface area (Å²) in [6.07, 6.45) is -0.631. The Hall–Kier alpha value is -3.83. The molecule has 0 bridgehead atoms. The predicted octanol–water partition coefficient (Wildman–Crippen LogP) is 6.60. The van der Waals surface area contributed by atoms with Crippen LogP contribution in [0.3, 0.4) is 0 Å². The third-order valence-electron chi connectivity index (χ3n) is 7.57.